The fourth-order valence-electron chi connectivity index (χ4n) is 2.81. The highest BCUT2D eigenvalue weighted by atomic mass is 35.5. The largest absolute Gasteiger partial charge is 0.384 e. The van der Waals surface area contributed by atoms with Crippen LogP contribution in [0, 0.1) is 11.3 Å². The Morgan fingerprint density at radius 1 is 1.40 bits per heavy atom. The SMILES string of the molecule is CN(C)CC1CCN(c2ccc(C(=N)N)c(Cl)c2)CC1. The van der Waals surface area contributed by atoms with Crippen molar-refractivity contribution in [1.82, 2.24) is 4.90 Å². The van der Waals surface area contributed by atoms with Gasteiger partial charge in [-0.2, -0.15) is 0 Å². The minimum absolute atomic E-state index is 0.0197. The molecule has 4 nitrogen and oxygen atoms in total. The number of hydrogen-bond acceptors (Lipinski definition) is 3. The molecule has 5 heteroatoms. The summed E-state index contributed by atoms with van der Waals surface area (Å²) in [4.78, 5) is 4.63. The molecule has 1 aromatic carbocycles. The van der Waals surface area contributed by atoms with Gasteiger partial charge in [0, 0.05) is 30.9 Å². The summed E-state index contributed by atoms with van der Waals surface area (Å²) in [5, 5.41) is 8.02. The summed E-state index contributed by atoms with van der Waals surface area (Å²) in [6, 6.07) is 5.77. The number of benzene rings is 1. The summed E-state index contributed by atoms with van der Waals surface area (Å²) < 4.78 is 0. The van der Waals surface area contributed by atoms with Gasteiger partial charge in [0.15, 0.2) is 0 Å². The third kappa shape index (κ3) is 3.64. The van der Waals surface area contributed by atoms with Gasteiger partial charge in [-0.25, -0.2) is 0 Å². The molecule has 1 heterocycles. The van der Waals surface area contributed by atoms with Crippen LogP contribution in [0.25, 0.3) is 0 Å². The van der Waals surface area contributed by atoms with E-state index < -0.39 is 0 Å². The lowest BCUT2D eigenvalue weighted by Crippen LogP contribution is -2.37. The van der Waals surface area contributed by atoms with Gasteiger partial charge in [0.25, 0.3) is 0 Å². The molecule has 1 saturated heterocycles. The highest BCUT2D eigenvalue weighted by molar-refractivity contribution is 6.34. The molecule has 1 aromatic rings. The number of piperidine rings is 1. The summed E-state index contributed by atoms with van der Waals surface area (Å²) in [7, 11) is 4.26. The maximum absolute atomic E-state index is 7.46. The third-order valence-corrected chi connectivity index (χ3v) is 4.16. The van der Waals surface area contributed by atoms with E-state index in [0.29, 0.717) is 10.6 Å². The number of anilines is 1. The van der Waals surface area contributed by atoms with Crippen LogP contribution in [0.2, 0.25) is 5.02 Å². The number of amidine groups is 1. The lowest BCUT2D eigenvalue weighted by Gasteiger charge is -2.34. The number of hydrogen-bond donors (Lipinski definition) is 2. The maximum atomic E-state index is 7.46. The van der Waals surface area contributed by atoms with Crippen molar-refractivity contribution < 1.29 is 0 Å². The van der Waals surface area contributed by atoms with E-state index in [4.69, 9.17) is 22.7 Å². The highest BCUT2D eigenvalue weighted by Crippen LogP contribution is 2.27. The Balaban J connectivity index is 2.00. The number of nitrogens with one attached hydrogen (secondary N) is 1. The molecule has 0 aliphatic carbocycles. The Labute approximate surface area is 126 Å². The first-order valence-electron chi connectivity index (χ1n) is 7.01. The maximum Gasteiger partial charge on any atom is 0.124 e. The Morgan fingerprint density at radius 3 is 2.55 bits per heavy atom. The molecule has 0 bridgehead atoms. The molecule has 1 fully saturated rings. The van der Waals surface area contributed by atoms with Gasteiger partial charge >= 0.3 is 0 Å². The lowest BCUT2D eigenvalue weighted by atomic mass is 9.96. The molecule has 0 spiro atoms. The predicted molar refractivity (Wildman–Crippen MR) is 86.0 cm³/mol. The zero-order valence-electron chi connectivity index (χ0n) is 12.2. The summed E-state index contributed by atoms with van der Waals surface area (Å²) >= 11 is 6.19. The normalized spacial score (nSPS) is 16.7. The Kier molecular flexibility index (Phi) is 4.89. The van der Waals surface area contributed by atoms with Crippen LogP contribution >= 0.6 is 11.6 Å². The minimum Gasteiger partial charge on any atom is -0.384 e. The van der Waals surface area contributed by atoms with Crippen molar-refractivity contribution in [2.45, 2.75) is 12.8 Å². The van der Waals surface area contributed by atoms with Crippen molar-refractivity contribution in [3.63, 3.8) is 0 Å². The first-order valence-corrected chi connectivity index (χ1v) is 7.39. The zero-order chi connectivity index (χ0) is 14.7. The monoisotopic (exact) mass is 294 g/mol. The Bertz CT molecular complexity index is 479. The topological polar surface area (TPSA) is 56.4 Å². The van der Waals surface area contributed by atoms with Crippen LogP contribution in [0.3, 0.4) is 0 Å². The van der Waals surface area contributed by atoms with Crippen molar-refractivity contribution in [3.8, 4) is 0 Å². The number of halogens is 1. The van der Waals surface area contributed by atoms with Gasteiger partial charge in [-0.05, 0) is 51.1 Å². The van der Waals surface area contributed by atoms with E-state index >= 15 is 0 Å². The molecule has 0 unspecified atom stereocenters. The summed E-state index contributed by atoms with van der Waals surface area (Å²) in [6.07, 6.45) is 2.43. The van der Waals surface area contributed by atoms with Crippen LogP contribution in [-0.2, 0) is 0 Å². The van der Waals surface area contributed by atoms with E-state index in [1.165, 1.54) is 12.8 Å². The van der Waals surface area contributed by atoms with Crippen molar-refractivity contribution in [3.05, 3.63) is 28.8 Å². The van der Waals surface area contributed by atoms with Crippen LogP contribution in [-0.4, -0.2) is 44.5 Å². The van der Waals surface area contributed by atoms with E-state index in [1.54, 1.807) is 0 Å². The van der Waals surface area contributed by atoms with Gasteiger partial charge < -0.3 is 15.5 Å². The van der Waals surface area contributed by atoms with E-state index in [2.05, 4.69) is 23.9 Å². The minimum atomic E-state index is 0.0197. The summed E-state index contributed by atoms with van der Waals surface area (Å²) in [6.45, 7) is 3.29. The van der Waals surface area contributed by atoms with E-state index in [1.807, 2.05) is 18.2 Å². The van der Waals surface area contributed by atoms with Crippen molar-refractivity contribution in [1.29, 1.82) is 5.41 Å². The number of nitrogens with zero attached hydrogens (tertiary/aromatic N) is 2. The fourth-order valence-corrected chi connectivity index (χ4v) is 3.09. The molecule has 2 rings (SSSR count). The van der Waals surface area contributed by atoms with Crippen LogP contribution in [0.5, 0.6) is 0 Å². The molecular formula is C15H23ClN4. The van der Waals surface area contributed by atoms with Crippen molar-refractivity contribution >= 4 is 23.1 Å². The van der Waals surface area contributed by atoms with Crippen molar-refractivity contribution in [2.24, 2.45) is 11.7 Å². The average Bonchev–Trinajstić information content (AvgIpc) is 2.38. The number of nitrogen functional groups attached to an aromatic ring is 1. The number of nitrogens with two attached hydrogens (primary N) is 1. The van der Waals surface area contributed by atoms with E-state index in [9.17, 15) is 0 Å². The molecule has 110 valence electrons. The van der Waals surface area contributed by atoms with Gasteiger partial charge in [-0.15, -0.1) is 0 Å². The predicted octanol–water partition coefficient (Wildman–Crippen LogP) is 2.40. The molecular weight excluding hydrogens is 272 g/mol. The smallest absolute Gasteiger partial charge is 0.124 e. The third-order valence-electron chi connectivity index (χ3n) is 3.85. The van der Waals surface area contributed by atoms with Crippen LogP contribution < -0.4 is 10.6 Å². The second-order valence-electron chi connectivity index (χ2n) is 5.77. The van der Waals surface area contributed by atoms with Crippen LogP contribution in [0.4, 0.5) is 5.69 Å². The molecule has 0 amide bonds. The first-order chi connectivity index (χ1) is 9.47. The molecule has 0 saturated carbocycles. The summed E-state index contributed by atoms with van der Waals surface area (Å²) in [5.41, 5.74) is 7.23. The van der Waals surface area contributed by atoms with Gasteiger partial charge in [-0.1, -0.05) is 11.6 Å². The molecule has 0 aromatic heterocycles. The van der Waals surface area contributed by atoms with Crippen LogP contribution in [0.15, 0.2) is 18.2 Å². The van der Waals surface area contributed by atoms with E-state index in [0.717, 1.165) is 31.2 Å². The highest BCUT2D eigenvalue weighted by Gasteiger charge is 2.20. The number of rotatable bonds is 4. The standard InChI is InChI=1S/C15H23ClN4/c1-19(2)10-11-5-7-20(8-6-11)12-3-4-13(15(17)18)14(16)9-12/h3-4,9,11H,5-8,10H2,1-2H3,(H3,17,18). The van der Waals surface area contributed by atoms with E-state index in [-0.39, 0.29) is 5.84 Å². The van der Waals surface area contributed by atoms with Gasteiger partial charge in [0.2, 0.25) is 0 Å². The second kappa shape index (κ2) is 6.46. The fraction of sp³-hybridized carbons (Fsp3) is 0.533. The molecule has 3 N–H and O–H groups in total. The van der Waals surface area contributed by atoms with Crippen LogP contribution in [0.1, 0.15) is 18.4 Å². The first kappa shape index (κ1) is 15.1. The molecule has 20 heavy (non-hydrogen) atoms. The Hall–Kier alpha value is -1.26. The zero-order valence-corrected chi connectivity index (χ0v) is 13.0. The Morgan fingerprint density at radius 2 is 2.05 bits per heavy atom. The molecule has 0 radical (unpaired) electrons. The second-order valence-corrected chi connectivity index (χ2v) is 6.18. The lowest BCUT2D eigenvalue weighted by molar-refractivity contribution is 0.285. The molecule has 1 aliphatic rings. The van der Waals surface area contributed by atoms with Gasteiger partial charge in [0.1, 0.15) is 5.84 Å². The van der Waals surface area contributed by atoms with Gasteiger partial charge in [0.05, 0.1) is 5.02 Å². The summed E-state index contributed by atoms with van der Waals surface area (Å²) in [5.74, 6) is 0.805. The molecule has 0 atom stereocenters. The quantitative estimate of drug-likeness (QED) is 0.662. The van der Waals surface area contributed by atoms with Gasteiger partial charge in [-0.3, -0.25) is 5.41 Å². The average molecular weight is 295 g/mol. The van der Waals surface area contributed by atoms with Crippen molar-refractivity contribution in [2.75, 3.05) is 38.6 Å². The molecule has 1 aliphatic heterocycles.